The standard InChI is InChI=1S/C41H45N2O/c1-29(44)17-9-8-16-28-43-35-27-25-31-19-13-15-21-33(31)39(35)41(4,5)37(43)23-11-7-10-22-36-40(2,3)38-32-20-14-12-18-30(32)24-26-34(38)42(36)6/h7,10-15,18-27H,8-9,16-17,28H2,1-6H3/q+1. The number of nitrogens with zero attached hydrogens (tertiary/aromatic N) is 2. The van der Waals surface area contributed by atoms with Crippen LogP contribution in [-0.4, -0.2) is 29.7 Å². The average molecular weight is 582 g/mol. The fourth-order valence-corrected chi connectivity index (χ4v) is 7.65. The Labute approximate surface area is 262 Å². The number of allylic oxidation sites excluding steroid dienone is 6. The van der Waals surface area contributed by atoms with Crippen molar-refractivity contribution in [1.29, 1.82) is 0 Å². The highest BCUT2D eigenvalue weighted by Gasteiger charge is 2.44. The SMILES string of the molecule is CC(=O)CCCCCN1/C(=C/C=C/C=C/C2=[N+](C)c3ccc4ccccc4c3C2(C)C)C(C)(C)c2c1ccc1ccccc21. The fraction of sp³-hybridized carbons (Fsp3) is 0.317. The van der Waals surface area contributed by atoms with E-state index in [4.69, 9.17) is 0 Å². The van der Waals surface area contributed by atoms with Gasteiger partial charge >= 0.3 is 0 Å². The maximum atomic E-state index is 11.5. The van der Waals surface area contributed by atoms with Crippen molar-refractivity contribution in [2.75, 3.05) is 18.5 Å². The third-order valence-corrected chi connectivity index (χ3v) is 9.79. The van der Waals surface area contributed by atoms with Gasteiger partial charge in [-0.2, -0.15) is 4.58 Å². The first-order chi connectivity index (χ1) is 21.1. The largest absolute Gasteiger partial charge is 0.344 e. The van der Waals surface area contributed by atoms with Crippen LogP contribution in [0.3, 0.4) is 0 Å². The summed E-state index contributed by atoms with van der Waals surface area (Å²) in [6.45, 7) is 12.0. The molecule has 4 aromatic rings. The number of carbonyl (C=O) groups is 1. The maximum absolute atomic E-state index is 11.5. The van der Waals surface area contributed by atoms with E-state index in [1.54, 1.807) is 6.92 Å². The van der Waals surface area contributed by atoms with Crippen LogP contribution in [0.15, 0.2) is 109 Å². The Bertz CT molecular complexity index is 1880. The van der Waals surface area contributed by atoms with E-state index in [0.717, 1.165) is 25.8 Å². The van der Waals surface area contributed by atoms with Gasteiger partial charge < -0.3 is 9.69 Å². The minimum Gasteiger partial charge on any atom is -0.344 e. The molecule has 2 heterocycles. The molecule has 2 aliphatic heterocycles. The molecule has 0 radical (unpaired) electrons. The molecule has 0 spiro atoms. The Balaban J connectivity index is 1.29. The number of carbonyl (C=O) groups excluding carboxylic acids is 1. The number of benzene rings is 4. The van der Waals surface area contributed by atoms with Gasteiger partial charge in [-0.25, -0.2) is 0 Å². The number of ketones is 1. The Hall–Kier alpha value is -4.24. The summed E-state index contributed by atoms with van der Waals surface area (Å²) in [4.78, 5) is 14.0. The molecule has 0 saturated heterocycles. The van der Waals surface area contributed by atoms with E-state index in [1.807, 2.05) is 0 Å². The molecule has 2 aliphatic rings. The van der Waals surface area contributed by atoms with E-state index in [1.165, 1.54) is 55.5 Å². The van der Waals surface area contributed by atoms with Crippen molar-refractivity contribution in [3.05, 3.63) is 120 Å². The quantitative estimate of drug-likeness (QED) is 0.112. The summed E-state index contributed by atoms with van der Waals surface area (Å²) in [6.07, 6.45) is 14.9. The molecule has 224 valence electrons. The van der Waals surface area contributed by atoms with Gasteiger partial charge in [-0.05, 0) is 78.9 Å². The molecule has 0 atom stereocenters. The third-order valence-electron chi connectivity index (χ3n) is 9.79. The van der Waals surface area contributed by atoms with Crippen molar-refractivity contribution in [3.8, 4) is 0 Å². The molecular weight excluding hydrogens is 536 g/mol. The van der Waals surface area contributed by atoms with Gasteiger partial charge in [-0.3, -0.25) is 0 Å². The van der Waals surface area contributed by atoms with Crippen LogP contribution >= 0.6 is 0 Å². The summed E-state index contributed by atoms with van der Waals surface area (Å²) in [5.41, 5.74) is 7.81. The third kappa shape index (κ3) is 5.13. The van der Waals surface area contributed by atoms with Gasteiger partial charge in [0.15, 0.2) is 5.71 Å². The molecule has 0 saturated carbocycles. The lowest BCUT2D eigenvalue weighted by Gasteiger charge is -2.27. The second-order valence-electron chi connectivity index (χ2n) is 13.5. The number of rotatable bonds is 9. The average Bonchev–Trinajstić information content (AvgIpc) is 3.34. The van der Waals surface area contributed by atoms with E-state index in [9.17, 15) is 4.79 Å². The Morgan fingerprint density at radius 2 is 1.41 bits per heavy atom. The number of hydrogen-bond donors (Lipinski definition) is 0. The molecule has 0 aliphatic carbocycles. The first-order valence-corrected chi connectivity index (χ1v) is 16.1. The summed E-state index contributed by atoms with van der Waals surface area (Å²) < 4.78 is 2.35. The van der Waals surface area contributed by atoms with Gasteiger partial charge in [-0.15, -0.1) is 0 Å². The molecule has 0 bridgehead atoms. The predicted molar refractivity (Wildman–Crippen MR) is 188 cm³/mol. The second-order valence-corrected chi connectivity index (χ2v) is 13.5. The first kappa shape index (κ1) is 29.8. The number of hydrogen-bond acceptors (Lipinski definition) is 2. The molecule has 0 amide bonds. The van der Waals surface area contributed by atoms with Gasteiger partial charge in [-0.1, -0.05) is 93.1 Å². The summed E-state index contributed by atoms with van der Waals surface area (Å²) in [6, 6.07) is 26.5. The molecular formula is C41H45N2O+. The molecule has 44 heavy (non-hydrogen) atoms. The summed E-state index contributed by atoms with van der Waals surface area (Å²) >= 11 is 0. The highest BCUT2D eigenvalue weighted by atomic mass is 16.1. The molecule has 3 heteroatoms. The summed E-state index contributed by atoms with van der Waals surface area (Å²) in [5, 5.41) is 5.25. The topological polar surface area (TPSA) is 23.3 Å². The van der Waals surface area contributed by atoms with E-state index in [-0.39, 0.29) is 16.6 Å². The highest BCUT2D eigenvalue weighted by molar-refractivity contribution is 6.07. The van der Waals surface area contributed by atoms with Crippen molar-refractivity contribution in [2.45, 2.75) is 71.1 Å². The monoisotopic (exact) mass is 581 g/mol. The normalized spacial score (nSPS) is 18.0. The second kappa shape index (κ2) is 11.7. The lowest BCUT2D eigenvalue weighted by atomic mass is 9.79. The van der Waals surface area contributed by atoms with Crippen LogP contribution in [0.1, 0.15) is 71.4 Å². The van der Waals surface area contributed by atoms with Crippen LogP contribution in [0, 0.1) is 0 Å². The number of unbranched alkanes of at least 4 members (excludes halogenated alkanes) is 2. The van der Waals surface area contributed by atoms with Crippen LogP contribution in [0.5, 0.6) is 0 Å². The van der Waals surface area contributed by atoms with Crippen molar-refractivity contribution < 1.29 is 9.37 Å². The van der Waals surface area contributed by atoms with Gasteiger partial charge in [0.1, 0.15) is 12.8 Å². The summed E-state index contributed by atoms with van der Waals surface area (Å²) in [7, 11) is 2.19. The minimum atomic E-state index is -0.130. The summed E-state index contributed by atoms with van der Waals surface area (Å²) in [5.74, 6) is 0.283. The van der Waals surface area contributed by atoms with Crippen LogP contribution in [0.25, 0.3) is 21.5 Å². The van der Waals surface area contributed by atoms with E-state index in [2.05, 4.69) is 147 Å². The Morgan fingerprint density at radius 3 is 2.11 bits per heavy atom. The Morgan fingerprint density at radius 1 is 0.750 bits per heavy atom. The zero-order chi connectivity index (χ0) is 31.1. The van der Waals surface area contributed by atoms with Gasteiger partial charge in [0.05, 0.1) is 5.41 Å². The lowest BCUT2D eigenvalue weighted by molar-refractivity contribution is -0.401. The zero-order valence-electron chi connectivity index (χ0n) is 27.2. The first-order valence-electron chi connectivity index (χ1n) is 16.1. The van der Waals surface area contributed by atoms with E-state index >= 15 is 0 Å². The molecule has 4 aromatic carbocycles. The zero-order valence-corrected chi connectivity index (χ0v) is 27.2. The van der Waals surface area contributed by atoms with Crippen molar-refractivity contribution >= 4 is 44.4 Å². The van der Waals surface area contributed by atoms with Gasteiger partial charge in [0, 0.05) is 47.5 Å². The van der Waals surface area contributed by atoms with Crippen molar-refractivity contribution in [3.63, 3.8) is 0 Å². The number of fused-ring (bicyclic) bond motifs is 6. The van der Waals surface area contributed by atoms with E-state index in [0.29, 0.717) is 6.42 Å². The lowest BCUT2D eigenvalue weighted by Crippen LogP contribution is -2.27. The molecule has 0 unspecified atom stereocenters. The number of anilines is 1. The molecule has 0 aromatic heterocycles. The molecule has 0 fully saturated rings. The Kier molecular flexibility index (Phi) is 7.92. The molecule has 0 N–H and O–H groups in total. The van der Waals surface area contributed by atoms with Crippen LogP contribution in [0.4, 0.5) is 11.4 Å². The van der Waals surface area contributed by atoms with Crippen molar-refractivity contribution in [1.82, 2.24) is 0 Å². The van der Waals surface area contributed by atoms with Crippen LogP contribution in [-0.2, 0) is 15.6 Å². The number of Topliss-reactive ketones (excluding diaryl/α,β-unsaturated/α-hetero) is 1. The smallest absolute Gasteiger partial charge is 0.210 e. The van der Waals surface area contributed by atoms with Gasteiger partial charge in [0.2, 0.25) is 5.69 Å². The predicted octanol–water partition coefficient (Wildman–Crippen LogP) is 9.94. The van der Waals surface area contributed by atoms with Crippen LogP contribution in [0.2, 0.25) is 0 Å². The fourth-order valence-electron chi connectivity index (χ4n) is 7.65. The molecule has 6 rings (SSSR count). The van der Waals surface area contributed by atoms with Crippen molar-refractivity contribution in [2.24, 2.45) is 0 Å². The minimum absolute atomic E-state index is 0.0942. The highest BCUT2D eigenvalue weighted by Crippen LogP contribution is 2.51. The molecule has 3 nitrogen and oxygen atoms in total. The maximum Gasteiger partial charge on any atom is 0.210 e. The van der Waals surface area contributed by atoms with Gasteiger partial charge in [0.25, 0.3) is 0 Å². The van der Waals surface area contributed by atoms with Crippen LogP contribution < -0.4 is 4.90 Å². The van der Waals surface area contributed by atoms with E-state index < -0.39 is 0 Å².